The predicted molar refractivity (Wildman–Crippen MR) is 120 cm³/mol. The van der Waals surface area contributed by atoms with Gasteiger partial charge in [-0.05, 0) is 38.1 Å². The molecule has 2 aromatic carbocycles. The Morgan fingerprint density at radius 3 is 2.31 bits per heavy atom. The molecule has 0 unspecified atom stereocenters. The molecule has 32 heavy (non-hydrogen) atoms. The second kappa shape index (κ2) is 9.77. The Hall–Kier alpha value is -3.48. The van der Waals surface area contributed by atoms with E-state index in [1.165, 1.54) is 17.4 Å². The van der Waals surface area contributed by atoms with E-state index in [1.807, 2.05) is 13.0 Å². The smallest absolute Gasteiger partial charge is 0.267 e. The van der Waals surface area contributed by atoms with E-state index in [0.29, 0.717) is 24.3 Å². The van der Waals surface area contributed by atoms with Crippen molar-refractivity contribution in [3.05, 3.63) is 71.4 Å². The second-order valence-corrected chi connectivity index (χ2v) is 9.44. The van der Waals surface area contributed by atoms with Crippen LogP contribution >= 0.6 is 0 Å². The number of rotatable bonds is 6. The third-order valence-electron chi connectivity index (χ3n) is 5.14. The largest absolute Gasteiger partial charge is 0.373 e. The van der Waals surface area contributed by atoms with Gasteiger partial charge in [0.25, 0.3) is 5.91 Å². The molecule has 1 fully saturated rings. The molecule has 1 N–H and O–H groups in total. The van der Waals surface area contributed by atoms with Gasteiger partial charge in [-0.1, -0.05) is 29.8 Å². The van der Waals surface area contributed by atoms with Crippen molar-refractivity contribution in [2.75, 3.05) is 31.5 Å². The lowest BCUT2D eigenvalue weighted by Gasteiger charge is -2.33. The molecule has 8 nitrogen and oxygen atoms in total. The molecule has 1 aliphatic heterocycles. The molecule has 0 aliphatic carbocycles. The third-order valence-corrected chi connectivity index (χ3v) is 7.05. The summed E-state index contributed by atoms with van der Waals surface area (Å²) >= 11 is 0. The van der Waals surface area contributed by atoms with Gasteiger partial charge >= 0.3 is 0 Å². The number of Topliss-reactive ketones (excluding diaryl/α,β-unsaturated/α-hetero) is 1. The summed E-state index contributed by atoms with van der Waals surface area (Å²) in [5.41, 5.74) is 1.75. The van der Waals surface area contributed by atoms with Crippen LogP contribution in [0.2, 0.25) is 0 Å². The van der Waals surface area contributed by atoms with Crippen LogP contribution in [0.5, 0.6) is 0 Å². The topological polar surface area (TPSA) is 111 Å². The highest BCUT2D eigenvalue weighted by Gasteiger charge is 2.28. The summed E-state index contributed by atoms with van der Waals surface area (Å²) in [6.07, 6.45) is 1.44. The molecule has 166 valence electrons. The zero-order chi connectivity index (χ0) is 23.3. The molecule has 1 saturated heterocycles. The zero-order valence-electron chi connectivity index (χ0n) is 17.9. The zero-order valence-corrected chi connectivity index (χ0v) is 18.7. The van der Waals surface area contributed by atoms with Gasteiger partial charge in [0.05, 0.1) is 4.90 Å². The highest BCUT2D eigenvalue weighted by Crippen LogP contribution is 2.19. The monoisotopic (exact) mass is 452 g/mol. The molecule has 3 rings (SSSR count). The van der Waals surface area contributed by atoms with Gasteiger partial charge in [0.1, 0.15) is 11.6 Å². The summed E-state index contributed by atoms with van der Waals surface area (Å²) in [5, 5.41) is 12.1. The van der Waals surface area contributed by atoms with Gasteiger partial charge in [-0.2, -0.15) is 9.57 Å². The molecule has 0 aromatic heterocycles. The molecule has 0 atom stereocenters. The van der Waals surface area contributed by atoms with E-state index in [9.17, 15) is 23.3 Å². The number of sulfonamides is 1. The van der Waals surface area contributed by atoms with Crippen molar-refractivity contribution in [3.8, 4) is 6.07 Å². The number of amides is 1. The van der Waals surface area contributed by atoms with E-state index in [1.54, 1.807) is 53.4 Å². The number of anilines is 1. The first-order valence-corrected chi connectivity index (χ1v) is 11.5. The van der Waals surface area contributed by atoms with Crippen molar-refractivity contribution >= 4 is 27.4 Å². The molecule has 1 heterocycles. The van der Waals surface area contributed by atoms with Crippen LogP contribution in [0, 0.1) is 18.3 Å². The third kappa shape index (κ3) is 5.41. The molecule has 0 radical (unpaired) electrons. The van der Waals surface area contributed by atoms with Crippen molar-refractivity contribution in [2.45, 2.75) is 18.7 Å². The number of nitrogens with zero attached hydrogens (tertiary/aromatic N) is 3. The normalized spacial score (nSPS) is 15.2. The lowest BCUT2D eigenvalue weighted by atomic mass is 10.1. The van der Waals surface area contributed by atoms with E-state index >= 15 is 0 Å². The maximum atomic E-state index is 12.8. The first-order chi connectivity index (χ1) is 15.2. The van der Waals surface area contributed by atoms with Crippen molar-refractivity contribution in [3.63, 3.8) is 0 Å². The summed E-state index contributed by atoms with van der Waals surface area (Å²) in [4.78, 5) is 26.0. The van der Waals surface area contributed by atoms with E-state index in [2.05, 4.69) is 5.32 Å². The highest BCUT2D eigenvalue weighted by atomic mass is 32.2. The van der Waals surface area contributed by atoms with Crippen LogP contribution in [0.4, 0.5) is 5.69 Å². The van der Waals surface area contributed by atoms with Gasteiger partial charge in [0, 0.05) is 43.6 Å². The number of nitriles is 1. The maximum Gasteiger partial charge on any atom is 0.267 e. The Balaban J connectivity index is 1.65. The molecule has 1 aliphatic rings. The average Bonchev–Trinajstić information content (AvgIpc) is 2.78. The van der Waals surface area contributed by atoms with Crippen LogP contribution in [0.3, 0.4) is 0 Å². The van der Waals surface area contributed by atoms with Crippen LogP contribution < -0.4 is 5.32 Å². The summed E-state index contributed by atoms with van der Waals surface area (Å²) in [5.74, 6) is -0.724. The van der Waals surface area contributed by atoms with E-state index in [-0.39, 0.29) is 29.3 Å². The quantitative estimate of drug-likeness (QED) is 0.410. The standard InChI is InChI=1S/C23H24N4O4S/c1-17-6-8-22(9-7-17)32(30,31)27-12-10-26(11-13-27)16-20(15-24)23(29)25-21-5-3-4-19(14-21)18(2)28/h3-9,14,16H,10-13H2,1-2H3,(H,25,29)/b20-16-. The van der Waals surface area contributed by atoms with Crippen LogP contribution in [0.1, 0.15) is 22.8 Å². The van der Waals surface area contributed by atoms with Gasteiger partial charge in [-0.3, -0.25) is 9.59 Å². The molecule has 0 spiro atoms. The summed E-state index contributed by atoms with van der Waals surface area (Å²) in [6.45, 7) is 4.51. The fraction of sp³-hybridized carbons (Fsp3) is 0.261. The van der Waals surface area contributed by atoms with Crippen LogP contribution in [-0.2, 0) is 14.8 Å². The molecular weight excluding hydrogens is 428 g/mol. The van der Waals surface area contributed by atoms with Crippen LogP contribution in [0.25, 0.3) is 0 Å². The molecule has 0 bridgehead atoms. The van der Waals surface area contributed by atoms with Crippen LogP contribution in [-0.4, -0.2) is 55.5 Å². The lowest BCUT2D eigenvalue weighted by Crippen LogP contribution is -2.46. The summed E-state index contributed by atoms with van der Waals surface area (Å²) in [6, 6.07) is 15.1. The number of aryl methyl sites for hydroxylation is 1. The number of hydrogen-bond acceptors (Lipinski definition) is 6. The van der Waals surface area contributed by atoms with Gasteiger partial charge in [0.2, 0.25) is 10.0 Å². The minimum Gasteiger partial charge on any atom is -0.373 e. The molecular formula is C23H24N4O4S. The first kappa shape index (κ1) is 23.2. The fourth-order valence-electron chi connectivity index (χ4n) is 3.27. The molecule has 9 heteroatoms. The first-order valence-electron chi connectivity index (χ1n) is 10.1. The number of carbonyl (C=O) groups is 2. The fourth-order valence-corrected chi connectivity index (χ4v) is 4.69. The Morgan fingerprint density at radius 2 is 1.72 bits per heavy atom. The van der Waals surface area contributed by atoms with Gasteiger partial charge < -0.3 is 10.2 Å². The van der Waals surface area contributed by atoms with Crippen molar-refractivity contribution in [2.24, 2.45) is 0 Å². The van der Waals surface area contributed by atoms with E-state index in [0.717, 1.165) is 5.56 Å². The number of hydrogen-bond donors (Lipinski definition) is 1. The Kier molecular flexibility index (Phi) is 7.08. The number of nitrogens with one attached hydrogen (secondary N) is 1. The number of carbonyl (C=O) groups excluding carboxylic acids is 2. The molecule has 1 amide bonds. The molecule has 2 aromatic rings. The summed E-state index contributed by atoms with van der Waals surface area (Å²) in [7, 11) is -3.59. The predicted octanol–water partition coefficient (Wildman–Crippen LogP) is 2.55. The highest BCUT2D eigenvalue weighted by molar-refractivity contribution is 7.89. The minimum absolute atomic E-state index is 0.104. The second-order valence-electron chi connectivity index (χ2n) is 7.50. The van der Waals surface area contributed by atoms with E-state index < -0.39 is 15.9 Å². The van der Waals surface area contributed by atoms with Crippen molar-refractivity contribution in [1.82, 2.24) is 9.21 Å². The average molecular weight is 453 g/mol. The Morgan fingerprint density at radius 1 is 1.06 bits per heavy atom. The van der Waals surface area contributed by atoms with E-state index in [4.69, 9.17) is 0 Å². The van der Waals surface area contributed by atoms with Gasteiger partial charge in [-0.15, -0.1) is 0 Å². The summed E-state index contributed by atoms with van der Waals surface area (Å²) < 4.78 is 27.0. The maximum absolute atomic E-state index is 12.8. The SMILES string of the molecule is CC(=O)c1cccc(NC(=O)/C(C#N)=C\N2CCN(S(=O)(=O)c3ccc(C)cc3)CC2)c1. The van der Waals surface area contributed by atoms with Gasteiger partial charge in [0.15, 0.2) is 5.78 Å². The lowest BCUT2D eigenvalue weighted by molar-refractivity contribution is -0.112. The number of benzene rings is 2. The van der Waals surface area contributed by atoms with Gasteiger partial charge in [-0.25, -0.2) is 8.42 Å². The Bertz CT molecular complexity index is 1190. The van der Waals surface area contributed by atoms with Crippen LogP contribution in [0.15, 0.2) is 65.2 Å². The van der Waals surface area contributed by atoms with Crippen molar-refractivity contribution < 1.29 is 18.0 Å². The van der Waals surface area contributed by atoms with Crippen molar-refractivity contribution in [1.29, 1.82) is 5.26 Å². The number of piperazine rings is 1. The molecule has 0 saturated carbocycles. The minimum atomic E-state index is -3.59. The Labute approximate surface area is 187 Å². The number of ketones is 1.